The molecule has 0 radical (unpaired) electrons. The van der Waals surface area contributed by atoms with Crippen LogP contribution >= 0.6 is 22.9 Å². The molecule has 0 saturated heterocycles. The Morgan fingerprint density at radius 2 is 1.94 bits per heavy atom. The van der Waals surface area contributed by atoms with Crippen LogP contribution in [0.5, 0.6) is 0 Å². The smallest absolute Gasteiger partial charge is 0.160 e. The quantitative estimate of drug-likeness (QED) is 0.815. The minimum absolute atomic E-state index is 0.0137. The summed E-state index contributed by atoms with van der Waals surface area (Å²) >= 11 is 7.07. The first-order valence-electron chi connectivity index (χ1n) is 4.45. The summed E-state index contributed by atoms with van der Waals surface area (Å²) < 4.78 is 25.8. The third-order valence-corrected chi connectivity index (χ3v) is 3.40. The van der Waals surface area contributed by atoms with Crippen molar-refractivity contribution in [3.05, 3.63) is 56.7 Å². The normalized spacial score (nSPS) is 12.8. The highest BCUT2D eigenvalue weighted by molar-refractivity contribution is 7.10. The van der Waals surface area contributed by atoms with Gasteiger partial charge >= 0.3 is 0 Å². The number of hydrogen-bond donors (Lipinski definition) is 1. The molecule has 1 unspecified atom stereocenters. The van der Waals surface area contributed by atoms with Gasteiger partial charge in [-0.25, -0.2) is 8.78 Å². The van der Waals surface area contributed by atoms with Crippen LogP contribution in [-0.2, 0) is 0 Å². The molecule has 2 aromatic rings. The zero-order valence-electron chi connectivity index (χ0n) is 7.95. The lowest BCUT2D eigenvalue weighted by atomic mass is 10.1. The average Bonchev–Trinajstić information content (AvgIpc) is 2.75. The molecule has 0 aliphatic carbocycles. The van der Waals surface area contributed by atoms with E-state index in [0.717, 1.165) is 12.1 Å². The molecule has 1 atom stereocenters. The van der Waals surface area contributed by atoms with Crippen LogP contribution < -0.4 is 0 Å². The molecule has 1 aromatic heterocycles. The number of aliphatic hydroxyl groups is 1. The van der Waals surface area contributed by atoms with Crippen molar-refractivity contribution in [3.8, 4) is 0 Å². The van der Waals surface area contributed by atoms with Crippen LogP contribution in [0.3, 0.4) is 0 Å². The van der Waals surface area contributed by atoms with Gasteiger partial charge in [0.05, 0.1) is 0 Å². The molecule has 0 saturated carbocycles. The molecule has 0 bridgehead atoms. The Balaban J connectivity index is 2.44. The molecule has 0 fully saturated rings. The highest BCUT2D eigenvalue weighted by Crippen LogP contribution is 2.31. The maximum atomic E-state index is 13.0. The molecular formula is C11H7ClF2OS. The van der Waals surface area contributed by atoms with E-state index in [1.54, 1.807) is 17.5 Å². The topological polar surface area (TPSA) is 20.2 Å². The van der Waals surface area contributed by atoms with E-state index in [1.807, 2.05) is 0 Å². The first kappa shape index (κ1) is 11.5. The molecule has 0 amide bonds. The fraction of sp³-hybridized carbons (Fsp3) is 0.0909. The Hall–Kier alpha value is -0.970. The summed E-state index contributed by atoms with van der Waals surface area (Å²) in [6.45, 7) is 0. The van der Waals surface area contributed by atoms with E-state index < -0.39 is 17.7 Å². The summed E-state index contributed by atoms with van der Waals surface area (Å²) in [6.07, 6.45) is -1.03. The SMILES string of the molecule is OC(c1cccs1)c1cc(F)c(F)cc1Cl. The van der Waals surface area contributed by atoms with Gasteiger partial charge in [-0.15, -0.1) is 11.3 Å². The van der Waals surface area contributed by atoms with E-state index in [1.165, 1.54) is 11.3 Å². The molecule has 2 rings (SSSR count). The molecule has 16 heavy (non-hydrogen) atoms. The van der Waals surface area contributed by atoms with Crippen molar-refractivity contribution in [2.24, 2.45) is 0 Å². The first-order chi connectivity index (χ1) is 7.59. The summed E-state index contributed by atoms with van der Waals surface area (Å²) in [5, 5.41) is 11.7. The highest BCUT2D eigenvalue weighted by Gasteiger charge is 2.17. The monoisotopic (exact) mass is 260 g/mol. The third-order valence-electron chi connectivity index (χ3n) is 2.15. The van der Waals surface area contributed by atoms with Crippen LogP contribution in [0.25, 0.3) is 0 Å². The predicted molar refractivity (Wildman–Crippen MR) is 59.7 cm³/mol. The van der Waals surface area contributed by atoms with Gasteiger partial charge in [-0.05, 0) is 23.6 Å². The molecule has 84 valence electrons. The van der Waals surface area contributed by atoms with Gasteiger partial charge in [0.25, 0.3) is 0 Å². The van der Waals surface area contributed by atoms with Crippen molar-refractivity contribution in [3.63, 3.8) is 0 Å². The van der Waals surface area contributed by atoms with Crippen molar-refractivity contribution >= 4 is 22.9 Å². The van der Waals surface area contributed by atoms with Crippen molar-refractivity contribution in [1.82, 2.24) is 0 Å². The van der Waals surface area contributed by atoms with Crippen molar-refractivity contribution in [2.45, 2.75) is 6.10 Å². The van der Waals surface area contributed by atoms with E-state index in [0.29, 0.717) is 4.88 Å². The minimum Gasteiger partial charge on any atom is -0.383 e. The number of hydrogen-bond acceptors (Lipinski definition) is 2. The summed E-state index contributed by atoms with van der Waals surface area (Å²) in [5.74, 6) is -2.04. The number of aliphatic hydroxyl groups excluding tert-OH is 1. The van der Waals surface area contributed by atoms with Gasteiger partial charge in [-0.2, -0.15) is 0 Å². The largest absolute Gasteiger partial charge is 0.383 e. The summed E-state index contributed by atoms with van der Waals surface area (Å²) in [6, 6.07) is 5.25. The molecule has 1 aromatic carbocycles. The standard InChI is InChI=1S/C11H7ClF2OS/c12-7-5-9(14)8(13)4-6(7)11(15)10-2-1-3-16-10/h1-5,11,15H. The van der Waals surface area contributed by atoms with E-state index in [9.17, 15) is 13.9 Å². The maximum Gasteiger partial charge on any atom is 0.160 e. The van der Waals surface area contributed by atoms with E-state index in [2.05, 4.69) is 0 Å². The fourth-order valence-corrected chi connectivity index (χ4v) is 2.33. The number of thiophene rings is 1. The fourth-order valence-electron chi connectivity index (χ4n) is 1.35. The highest BCUT2D eigenvalue weighted by atomic mass is 35.5. The van der Waals surface area contributed by atoms with Crippen molar-refractivity contribution < 1.29 is 13.9 Å². The van der Waals surface area contributed by atoms with Gasteiger partial charge in [0.1, 0.15) is 6.10 Å². The number of rotatable bonds is 2. The second-order valence-electron chi connectivity index (χ2n) is 3.21. The Morgan fingerprint density at radius 3 is 2.56 bits per heavy atom. The molecular weight excluding hydrogens is 254 g/mol. The molecule has 0 spiro atoms. The zero-order chi connectivity index (χ0) is 11.7. The predicted octanol–water partition coefficient (Wildman–Crippen LogP) is 3.76. The minimum atomic E-state index is -1.03. The zero-order valence-corrected chi connectivity index (χ0v) is 9.53. The maximum absolute atomic E-state index is 13.0. The Kier molecular flexibility index (Phi) is 3.23. The molecule has 1 nitrogen and oxygen atoms in total. The van der Waals surface area contributed by atoms with Gasteiger partial charge in [0.15, 0.2) is 11.6 Å². The van der Waals surface area contributed by atoms with Crippen LogP contribution in [0.15, 0.2) is 29.6 Å². The lowest BCUT2D eigenvalue weighted by molar-refractivity contribution is 0.223. The van der Waals surface area contributed by atoms with Crippen LogP contribution in [-0.4, -0.2) is 5.11 Å². The van der Waals surface area contributed by atoms with E-state index in [4.69, 9.17) is 11.6 Å². The second kappa shape index (κ2) is 4.49. The van der Waals surface area contributed by atoms with Gasteiger partial charge < -0.3 is 5.11 Å². The van der Waals surface area contributed by atoms with Gasteiger partial charge in [-0.1, -0.05) is 17.7 Å². The van der Waals surface area contributed by atoms with Crippen molar-refractivity contribution in [1.29, 1.82) is 0 Å². The van der Waals surface area contributed by atoms with Gasteiger partial charge in [0.2, 0.25) is 0 Å². The number of halogens is 3. The van der Waals surface area contributed by atoms with E-state index in [-0.39, 0.29) is 10.6 Å². The molecule has 5 heteroatoms. The molecule has 0 aliphatic heterocycles. The van der Waals surface area contributed by atoms with E-state index >= 15 is 0 Å². The molecule has 0 aliphatic rings. The third kappa shape index (κ3) is 2.09. The Morgan fingerprint density at radius 1 is 1.25 bits per heavy atom. The summed E-state index contributed by atoms with van der Waals surface area (Å²) in [7, 11) is 0. The lowest BCUT2D eigenvalue weighted by Crippen LogP contribution is -2.00. The van der Waals surface area contributed by atoms with Crippen molar-refractivity contribution in [2.75, 3.05) is 0 Å². The Labute approximate surface area is 99.9 Å². The summed E-state index contributed by atoms with van der Waals surface area (Å²) in [4.78, 5) is 0.632. The van der Waals surface area contributed by atoms with Crippen LogP contribution in [0.1, 0.15) is 16.5 Å². The van der Waals surface area contributed by atoms with Crippen LogP contribution in [0, 0.1) is 11.6 Å². The summed E-state index contributed by atoms with van der Waals surface area (Å²) in [5.41, 5.74) is 0.169. The molecule has 1 heterocycles. The molecule has 1 N–H and O–H groups in total. The lowest BCUT2D eigenvalue weighted by Gasteiger charge is -2.11. The van der Waals surface area contributed by atoms with Gasteiger partial charge in [-0.3, -0.25) is 0 Å². The first-order valence-corrected chi connectivity index (χ1v) is 5.71. The second-order valence-corrected chi connectivity index (χ2v) is 4.59. The van der Waals surface area contributed by atoms with Crippen LogP contribution in [0.4, 0.5) is 8.78 Å². The Bertz CT molecular complexity index is 499. The van der Waals surface area contributed by atoms with Crippen LogP contribution in [0.2, 0.25) is 5.02 Å². The number of benzene rings is 1. The van der Waals surface area contributed by atoms with Gasteiger partial charge in [0, 0.05) is 15.5 Å². The average molecular weight is 261 g/mol.